The smallest absolute Gasteiger partial charge is 0.311 e. The molecule has 0 radical (unpaired) electrons. The maximum Gasteiger partial charge on any atom is 0.311 e. The van der Waals surface area contributed by atoms with Crippen LogP contribution in [0.4, 0.5) is 17.3 Å². The molecule has 0 amide bonds. The van der Waals surface area contributed by atoms with Crippen LogP contribution in [0.25, 0.3) is 0 Å². The van der Waals surface area contributed by atoms with Gasteiger partial charge in [0, 0.05) is 25.2 Å². The molecule has 4 N–H and O–H groups in total. The molecule has 0 bridgehead atoms. The fraction of sp³-hybridized carbons (Fsp3) is 0.583. The second-order valence-electron chi connectivity index (χ2n) is 5.40. The van der Waals surface area contributed by atoms with Crippen molar-refractivity contribution in [1.29, 1.82) is 0 Å². The third-order valence-electron chi connectivity index (χ3n) is 3.44. The molecule has 1 aromatic heterocycles. The van der Waals surface area contributed by atoms with E-state index in [1.54, 1.807) is 4.90 Å². The fourth-order valence-corrected chi connectivity index (χ4v) is 2.62. The highest BCUT2D eigenvalue weighted by atomic mass is 16.6. The van der Waals surface area contributed by atoms with Crippen molar-refractivity contribution in [2.45, 2.75) is 18.6 Å². The number of hydrogen-bond donors (Lipinski definition) is 3. The highest BCUT2D eigenvalue weighted by molar-refractivity contribution is 5.62. The van der Waals surface area contributed by atoms with Crippen molar-refractivity contribution in [3.05, 3.63) is 22.2 Å². The Balaban J connectivity index is 2.39. The topological polar surface area (TPSA) is 121 Å². The first-order valence-corrected chi connectivity index (χ1v) is 6.64. The summed E-state index contributed by atoms with van der Waals surface area (Å²) in [5.41, 5.74) is 2.30. The van der Waals surface area contributed by atoms with E-state index in [1.807, 2.05) is 19.0 Å². The number of nitrogens with one attached hydrogen (secondary N) is 1. The minimum Gasteiger partial charge on any atom is -0.391 e. The maximum absolute atomic E-state index is 11.2. The lowest BCUT2D eigenvalue weighted by Gasteiger charge is -2.27. The molecule has 1 saturated heterocycles. The minimum atomic E-state index is -0.522. The molecule has 2 atom stereocenters. The van der Waals surface area contributed by atoms with Gasteiger partial charge in [-0.1, -0.05) is 0 Å². The summed E-state index contributed by atoms with van der Waals surface area (Å²) in [6.07, 6.45) is 0.0305. The van der Waals surface area contributed by atoms with Crippen LogP contribution in [0.2, 0.25) is 0 Å². The molecule has 1 aliphatic heterocycles. The predicted octanol–water partition coefficient (Wildman–Crippen LogP) is -0.223. The van der Waals surface area contributed by atoms with Crippen LogP contribution >= 0.6 is 0 Å². The number of rotatable bonds is 5. The third kappa shape index (κ3) is 3.38. The number of pyridine rings is 1. The van der Waals surface area contributed by atoms with Gasteiger partial charge in [-0.2, -0.15) is 0 Å². The summed E-state index contributed by atoms with van der Waals surface area (Å²) < 4.78 is 0. The van der Waals surface area contributed by atoms with Gasteiger partial charge >= 0.3 is 5.69 Å². The zero-order valence-electron chi connectivity index (χ0n) is 12.1. The molecule has 1 aliphatic rings. The summed E-state index contributed by atoms with van der Waals surface area (Å²) >= 11 is 0. The molecule has 0 saturated carbocycles. The Morgan fingerprint density at radius 3 is 2.90 bits per heavy atom. The van der Waals surface area contributed by atoms with Gasteiger partial charge in [0.25, 0.3) is 0 Å². The number of β-amino-alcohol motifs (C(OH)–C–C–N with tert-alkyl or cyclic N) is 1. The Kier molecular flexibility index (Phi) is 4.56. The fourth-order valence-electron chi connectivity index (χ4n) is 2.62. The maximum atomic E-state index is 11.2. The Morgan fingerprint density at radius 1 is 1.62 bits per heavy atom. The number of nitrogens with two attached hydrogens (primary N) is 1. The zero-order chi connectivity index (χ0) is 15.6. The van der Waals surface area contributed by atoms with Crippen LogP contribution in [-0.2, 0) is 0 Å². The largest absolute Gasteiger partial charge is 0.391 e. The number of nitrogen functional groups attached to an aromatic ring is 1. The number of aliphatic hydroxyl groups is 1. The second kappa shape index (κ2) is 6.20. The van der Waals surface area contributed by atoms with Crippen LogP contribution in [0, 0.1) is 10.1 Å². The standard InChI is InChI=1S/C12H20N6O3/c1-16(2)6-8-5-9(19)7-17(8)12-10(18(20)21)3-4-11(14-12)15-13/h3-4,8-9,19H,5-7,13H2,1-2H3,(H,14,15). The van der Waals surface area contributed by atoms with E-state index in [4.69, 9.17) is 5.84 Å². The van der Waals surface area contributed by atoms with E-state index in [0.717, 1.165) is 0 Å². The first-order valence-electron chi connectivity index (χ1n) is 6.64. The molecular weight excluding hydrogens is 276 g/mol. The quantitative estimate of drug-likeness (QED) is 0.387. The molecule has 0 spiro atoms. The number of hydrazine groups is 1. The van der Waals surface area contributed by atoms with Gasteiger partial charge in [0.05, 0.1) is 11.0 Å². The van der Waals surface area contributed by atoms with Gasteiger partial charge in [-0.25, -0.2) is 10.8 Å². The van der Waals surface area contributed by atoms with Crippen molar-refractivity contribution in [2.24, 2.45) is 5.84 Å². The van der Waals surface area contributed by atoms with E-state index >= 15 is 0 Å². The Labute approximate surface area is 122 Å². The zero-order valence-corrected chi connectivity index (χ0v) is 12.1. The van der Waals surface area contributed by atoms with Gasteiger partial charge in [0.15, 0.2) is 0 Å². The monoisotopic (exact) mass is 296 g/mol. The molecule has 1 aromatic rings. The number of nitro groups is 1. The van der Waals surface area contributed by atoms with Gasteiger partial charge < -0.3 is 20.3 Å². The van der Waals surface area contributed by atoms with E-state index in [1.165, 1.54) is 12.1 Å². The lowest BCUT2D eigenvalue weighted by Crippen LogP contribution is -2.38. The molecular formula is C12H20N6O3. The summed E-state index contributed by atoms with van der Waals surface area (Å²) in [7, 11) is 3.84. The Bertz CT molecular complexity index is 524. The minimum absolute atomic E-state index is 0.0331. The molecule has 2 heterocycles. The molecule has 0 aliphatic carbocycles. The normalized spacial score (nSPS) is 21.9. The first kappa shape index (κ1) is 15.4. The van der Waals surface area contributed by atoms with Gasteiger partial charge in [-0.15, -0.1) is 0 Å². The number of likely N-dealkylation sites (N-methyl/N-ethyl adjacent to an activating group) is 1. The van der Waals surface area contributed by atoms with Gasteiger partial charge in [-0.3, -0.25) is 10.1 Å². The van der Waals surface area contributed by atoms with Crippen molar-refractivity contribution >= 4 is 17.3 Å². The van der Waals surface area contributed by atoms with E-state index in [2.05, 4.69) is 10.4 Å². The predicted molar refractivity (Wildman–Crippen MR) is 79.0 cm³/mol. The first-order chi connectivity index (χ1) is 9.92. The van der Waals surface area contributed by atoms with E-state index in [9.17, 15) is 15.2 Å². The van der Waals surface area contributed by atoms with Crippen molar-refractivity contribution in [3.8, 4) is 0 Å². The highest BCUT2D eigenvalue weighted by Crippen LogP contribution is 2.33. The van der Waals surface area contributed by atoms with Gasteiger partial charge in [0.2, 0.25) is 5.82 Å². The van der Waals surface area contributed by atoms with Crippen LogP contribution < -0.4 is 16.2 Å². The van der Waals surface area contributed by atoms with E-state index in [0.29, 0.717) is 25.3 Å². The van der Waals surface area contributed by atoms with Crippen LogP contribution in [0.3, 0.4) is 0 Å². The summed E-state index contributed by atoms with van der Waals surface area (Å²) in [4.78, 5) is 18.7. The summed E-state index contributed by atoms with van der Waals surface area (Å²) in [5.74, 6) is 5.91. The molecule has 21 heavy (non-hydrogen) atoms. The number of hydrogen-bond acceptors (Lipinski definition) is 8. The molecule has 1 fully saturated rings. The lowest BCUT2D eigenvalue weighted by molar-refractivity contribution is -0.384. The highest BCUT2D eigenvalue weighted by Gasteiger charge is 2.36. The van der Waals surface area contributed by atoms with Crippen LogP contribution in [0.15, 0.2) is 12.1 Å². The Morgan fingerprint density at radius 2 is 2.33 bits per heavy atom. The molecule has 9 nitrogen and oxygen atoms in total. The summed E-state index contributed by atoms with van der Waals surface area (Å²) in [5, 5.41) is 21.1. The van der Waals surface area contributed by atoms with Crippen molar-refractivity contribution in [2.75, 3.05) is 37.5 Å². The number of anilines is 2. The Hall–Kier alpha value is -1.97. The number of aliphatic hydroxyl groups excluding tert-OH is 1. The second-order valence-corrected chi connectivity index (χ2v) is 5.40. The van der Waals surface area contributed by atoms with E-state index in [-0.39, 0.29) is 17.5 Å². The molecule has 2 rings (SSSR count). The average Bonchev–Trinajstić information content (AvgIpc) is 2.77. The van der Waals surface area contributed by atoms with Crippen molar-refractivity contribution in [1.82, 2.24) is 9.88 Å². The van der Waals surface area contributed by atoms with Crippen molar-refractivity contribution < 1.29 is 10.0 Å². The van der Waals surface area contributed by atoms with Crippen LogP contribution in [0.5, 0.6) is 0 Å². The van der Waals surface area contributed by atoms with Crippen LogP contribution in [-0.4, -0.2) is 59.2 Å². The summed E-state index contributed by atoms with van der Waals surface area (Å²) in [6, 6.07) is 2.79. The molecule has 9 heteroatoms. The van der Waals surface area contributed by atoms with Crippen LogP contribution in [0.1, 0.15) is 6.42 Å². The molecule has 2 unspecified atom stereocenters. The average molecular weight is 296 g/mol. The van der Waals surface area contributed by atoms with Crippen molar-refractivity contribution in [3.63, 3.8) is 0 Å². The molecule has 116 valence electrons. The van der Waals surface area contributed by atoms with Gasteiger partial charge in [0.1, 0.15) is 5.82 Å². The number of nitrogens with zero attached hydrogens (tertiary/aromatic N) is 4. The SMILES string of the molecule is CN(C)CC1CC(O)CN1c1nc(NN)ccc1[N+](=O)[O-]. The molecule has 0 aromatic carbocycles. The summed E-state index contributed by atoms with van der Waals surface area (Å²) in [6.45, 7) is 0.997. The van der Waals surface area contributed by atoms with E-state index < -0.39 is 11.0 Å². The van der Waals surface area contributed by atoms with Gasteiger partial charge in [-0.05, 0) is 26.6 Å². The lowest BCUT2D eigenvalue weighted by atomic mass is 10.2. The number of aromatic nitrogens is 1. The third-order valence-corrected chi connectivity index (χ3v) is 3.44.